The predicted molar refractivity (Wildman–Crippen MR) is 145 cm³/mol. The zero-order chi connectivity index (χ0) is 31.2. The first-order valence-electron chi connectivity index (χ1n) is 12.9. The zero-order valence-electron chi connectivity index (χ0n) is 22.4. The molecule has 0 spiro atoms. The minimum absolute atomic E-state index is 0.0196. The van der Waals surface area contributed by atoms with Crippen LogP contribution < -0.4 is 9.46 Å². The number of nitrogens with one attached hydrogen (secondary N) is 1. The van der Waals surface area contributed by atoms with Crippen molar-refractivity contribution in [3.63, 3.8) is 0 Å². The van der Waals surface area contributed by atoms with Crippen LogP contribution in [0.3, 0.4) is 0 Å². The number of carbonyl (C=O) groups excluding carboxylic acids is 2. The Balaban J connectivity index is 1.54. The molecule has 0 aromatic heterocycles. The number of aromatic hydroxyl groups is 1. The molecule has 43 heavy (non-hydrogen) atoms. The van der Waals surface area contributed by atoms with Crippen molar-refractivity contribution >= 4 is 27.6 Å². The standard InChI is InChI=1S/C28H26F4N2O8S/c29-19-5-8-24(35)23(16-19)18-3-1-4-21(15-18)43(38,39)33-20-6-7-22(25(17-20)42-27(37)28(30,31)32)26(36)41-12-2-9-34-10-13-40-14-11-34/h1,3-8,15-17,33,35H,2,9-14H2. The lowest BCUT2D eigenvalue weighted by molar-refractivity contribution is -0.189. The molecule has 1 aliphatic heterocycles. The van der Waals surface area contributed by atoms with Crippen LogP contribution in [0.1, 0.15) is 16.8 Å². The van der Waals surface area contributed by atoms with Crippen LogP contribution in [0.4, 0.5) is 23.2 Å². The summed E-state index contributed by atoms with van der Waals surface area (Å²) in [6, 6.07) is 11.0. The number of esters is 2. The average Bonchev–Trinajstić information content (AvgIpc) is 2.96. The van der Waals surface area contributed by atoms with E-state index in [9.17, 15) is 40.7 Å². The monoisotopic (exact) mass is 626 g/mol. The molecule has 3 aromatic rings. The van der Waals surface area contributed by atoms with E-state index in [-0.39, 0.29) is 34.1 Å². The molecule has 2 N–H and O–H groups in total. The van der Waals surface area contributed by atoms with E-state index in [1.807, 2.05) is 0 Å². The second kappa shape index (κ2) is 13.4. The molecule has 15 heteroatoms. The van der Waals surface area contributed by atoms with Crippen LogP contribution in [0.15, 0.2) is 65.6 Å². The Bertz CT molecular complexity index is 1590. The molecule has 1 heterocycles. The summed E-state index contributed by atoms with van der Waals surface area (Å²) in [6.07, 6.45) is -4.98. The normalized spacial score (nSPS) is 14.2. The fraction of sp³-hybridized carbons (Fsp3) is 0.286. The number of hydrogen-bond acceptors (Lipinski definition) is 9. The number of rotatable bonds is 10. The highest BCUT2D eigenvalue weighted by atomic mass is 32.2. The molecule has 0 saturated carbocycles. The topological polar surface area (TPSA) is 131 Å². The van der Waals surface area contributed by atoms with Gasteiger partial charge in [-0.25, -0.2) is 22.4 Å². The lowest BCUT2D eigenvalue weighted by Gasteiger charge is -2.26. The maximum Gasteiger partial charge on any atom is 0.491 e. The number of morpholine rings is 1. The molecule has 1 fully saturated rings. The first kappa shape index (κ1) is 31.7. The second-order valence-electron chi connectivity index (χ2n) is 9.34. The Hall–Kier alpha value is -4.21. The summed E-state index contributed by atoms with van der Waals surface area (Å²) in [6.45, 7) is 3.08. The third kappa shape index (κ3) is 8.43. The van der Waals surface area contributed by atoms with Gasteiger partial charge in [0.1, 0.15) is 22.9 Å². The quantitative estimate of drug-likeness (QED) is 0.146. The number of hydrogen-bond donors (Lipinski definition) is 2. The summed E-state index contributed by atoms with van der Waals surface area (Å²) in [5.74, 6) is -5.56. The van der Waals surface area contributed by atoms with Gasteiger partial charge in [0.05, 0.1) is 30.4 Å². The molecular formula is C28H26F4N2O8S. The van der Waals surface area contributed by atoms with E-state index in [1.165, 1.54) is 18.2 Å². The van der Waals surface area contributed by atoms with Gasteiger partial charge in [-0.05, 0) is 54.4 Å². The van der Waals surface area contributed by atoms with Crippen LogP contribution in [0.25, 0.3) is 11.1 Å². The van der Waals surface area contributed by atoms with Crippen molar-refractivity contribution in [1.29, 1.82) is 0 Å². The summed E-state index contributed by atoms with van der Waals surface area (Å²) in [4.78, 5) is 26.0. The molecule has 10 nitrogen and oxygen atoms in total. The van der Waals surface area contributed by atoms with Crippen LogP contribution in [0, 0.1) is 5.82 Å². The molecule has 0 amide bonds. The molecule has 0 atom stereocenters. The fourth-order valence-electron chi connectivity index (χ4n) is 4.14. The van der Waals surface area contributed by atoms with Crippen molar-refractivity contribution in [3.8, 4) is 22.6 Å². The number of nitrogens with zero attached hydrogens (tertiary/aromatic N) is 1. The average molecular weight is 627 g/mol. The number of halogens is 4. The van der Waals surface area contributed by atoms with Crippen LogP contribution in [-0.4, -0.2) is 76.0 Å². The third-order valence-electron chi connectivity index (χ3n) is 6.26. The molecular weight excluding hydrogens is 600 g/mol. The molecule has 1 saturated heterocycles. The number of phenolic OH excluding ortho intramolecular Hbond substituents is 1. The van der Waals surface area contributed by atoms with Gasteiger partial charge in [-0.1, -0.05) is 12.1 Å². The molecule has 0 radical (unpaired) electrons. The SMILES string of the molecule is O=C(OCCCN1CCOCC1)c1ccc(NS(=O)(=O)c2cccc(-c3cc(F)ccc3O)c2)cc1OC(=O)C(F)(F)F. The van der Waals surface area contributed by atoms with Gasteiger partial charge in [-0.2, -0.15) is 13.2 Å². The molecule has 230 valence electrons. The van der Waals surface area contributed by atoms with E-state index >= 15 is 0 Å². The predicted octanol–water partition coefficient (Wildman–Crippen LogP) is 4.35. The Morgan fingerprint density at radius 3 is 2.49 bits per heavy atom. The van der Waals surface area contributed by atoms with Crippen molar-refractivity contribution in [2.24, 2.45) is 0 Å². The first-order chi connectivity index (χ1) is 20.3. The Morgan fingerprint density at radius 2 is 1.77 bits per heavy atom. The number of alkyl halides is 3. The van der Waals surface area contributed by atoms with Gasteiger partial charge in [-0.3, -0.25) is 9.62 Å². The van der Waals surface area contributed by atoms with E-state index in [4.69, 9.17) is 9.47 Å². The van der Waals surface area contributed by atoms with E-state index in [1.54, 1.807) is 0 Å². The van der Waals surface area contributed by atoms with Gasteiger partial charge in [0.15, 0.2) is 0 Å². The van der Waals surface area contributed by atoms with Crippen molar-refractivity contribution in [2.75, 3.05) is 44.2 Å². The van der Waals surface area contributed by atoms with Gasteiger partial charge in [0.2, 0.25) is 0 Å². The lowest BCUT2D eigenvalue weighted by atomic mass is 10.0. The Morgan fingerprint density at radius 1 is 1.02 bits per heavy atom. The van der Waals surface area contributed by atoms with Crippen LogP contribution in [0.2, 0.25) is 0 Å². The maximum absolute atomic E-state index is 13.7. The number of ether oxygens (including phenoxy) is 3. The first-order valence-corrected chi connectivity index (χ1v) is 14.3. The van der Waals surface area contributed by atoms with Gasteiger partial charge < -0.3 is 19.3 Å². The molecule has 4 rings (SSSR count). The highest BCUT2D eigenvalue weighted by molar-refractivity contribution is 7.92. The van der Waals surface area contributed by atoms with Crippen LogP contribution in [-0.2, 0) is 24.3 Å². The van der Waals surface area contributed by atoms with Gasteiger partial charge in [0, 0.05) is 31.3 Å². The minimum Gasteiger partial charge on any atom is -0.507 e. The molecule has 3 aromatic carbocycles. The van der Waals surface area contributed by atoms with E-state index < -0.39 is 45.3 Å². The second-order valence-corrected chi connectivity index (χ2v) is 11.0. The van der Waals surface area contributed by atoms with Gasteiger partial charge >= 0.3 is 18.1 Å². The van der Waals surface area contributed by atoms with Crippen molar-refractivity contribution in [3.05, 3.63) is 72.0 Å². The fourth-order valence-corrected chi connectivity index (χ4v) is 5.23. The molecule has 1 aliphatic rings. The van der Waals surface area contributed by atoms with Gasteiger partial charge in [-0.15, -0.1) is 0 Å². The third-order valence-corrected chi connectivity index (χ3v) is 7.64. The summed E-state index contributed by atoms with van der Waals surface area (Å²) in [7, 11) is -4.42. The van der Waals surface area contributed by atoms with Crippen molar-refractivity contribution in [2.45, 2.75) is 17.5 Å². The number of anilines is 1. The van der Waals surface area contributed by atoms with E-state index in [0.29, 0.717) is 39.3 Å². The van der Waals surface area contributed by atoms with Crippen molar-refractivity contribution < 1.29 is 54.9 Å². The van der Waals surface area contributed by atoms with Crippen LogP contribution in [0.5, 0.6) is 11.5 Å². The minimum atomic E-state index is -5.41. The lowest BCUT2D eigenvalue weighted by Crippen LogP contribution is -2.37. The van der Waals surface area contributed by atoms with E-state index in [2.05, 4.69) is 14.4 Å². The van der Waals surface area contributed by atoms with Crippen molar-refractivity contribution in [1.82, 2.24) is 4.90 Å². The summed E-state index contributed by atoms with van der Waals surface area (Å²) in [5.41, 5.74) is -0.694. The van der Waals surface area contributed by atoms with Gasteiger partial charge in [0.25, 0.3) is 10.0 Å². The Labute approximate surface area is 243 Å². The number of benzene rings is 3. The van der Waals surface area contributed by atoms with E-state index in [0.717, 1.165) is 42.5 Å². The maximum atomic E-state index is 13.7. The molecule has 0 bridgehead atoms. The number of carbonyl (C=O) groups is 2. The van der Waals surface area contributed by atoms with Crippen LogP contribution >= 0.6 is 0 Å². The number of phenols is 1. The number of sulfonamides is 1. The highest BCUT2D eigenvalue weighted by Gasteiger charge is 2.42. The molecule has 0 aliphatic carbocycles. The zero-order valence-corrected chi connectivity index (χ0v) is 23.2. The molecule has 0 unspecified atom stereocenters. The summed E-state index contributed by atoms with van der Waals surface area (Å²) in [5, 5.41) is 10.1. The highest BCUT2D eigenvalue weighted by Crippen LogP contribution is 2.32. The summed E-state index contributed by atoms with van der Waals surface area (Å²) < 4.78 is 95.8. The smallest absolute Gasteiger partial charge is 0.491 e. The summed E-state index contributed by atoms with van der Waals surface area (Å²) >= 11 is 0. The largest absolute Gasteiger partial charge is 0.507 e. The Kier molecular flexibility index (Phi) is 9.88.